The molecule has 32 heavy (non-hydrogen) atoms. The van der Waals surface area contributed by atoms with Gasteiger partial charge in [0.1, 0.15) is 17.5 Å². The zero-order valence-electron chi connectivity index (χ0n) is 18.5. The Labute approximate surface area is 186 Å². The SMILES string of the molecule is C=N/C=C(\C=C(/C)CCNc1ncc(C#N)c(N[C@@H]2CC[C@H](O)C(C)(C)C2)n1)C(F)(F)F. The number of aromatic nitrogens is 2. The molecule has 0 aliphatic heterocycles. The van der Waals surface area contributed by atoms with Gasteiger partial charge in [0, 0.05) is 18.8 Å². The molecule has 174 valence electrons. The number of aliphatic hydroxyl groups is 1. The predicted octanol–water partition coefficient (Wildman–Crippen LogP) is 4.59. The quantitative estimate of drug-likeness (QED) is 0.395. The molecule has 1 aliphatic carbocycles. The summed E-state index contributed by atoms with van der Waals surface area (Å²) in [6.45, 7) is 8.98. The largest absolute Gasteiger partial charge is 0.417 e. The molecule has 10 heteroatoms. The van der Waals surface area contributed by atoms with Crippen LogP contribution in [0.15, 0.2) is 34.6 Å². The molecule has 0 bridgehead atoms. The van der Waals surface area contributed by atoms with Crippen molar-refractivity contribution in [2.45, 2.75) is 64.8 Å². The van der Waals surface area contributed by atoms with E-state index in [1.165, 1.54) is 6.20 Å². The first kappa shape index (κ1) is 25.3. The smallest absolute Gasteiger partial charge is 0.393 e. The lowest BCUT2D eigenvalue weighted by Crippen LogP contribution is -2.41. The third kappa shape index (κ3) is 7.05. The second-order valence-electron chi connectivity index (χ2n) is 8.63. The fourth-order valence-corrected chi connectivity index (χ4v) is 3.60. The third-order valence-corrected chi connectivity index (χ3v) is 5.48. The average molecular weight is 451 g/mol. The van der Waals surface area contributed by atoms with E-state index in [2.05, 4.69) is 38.4 Å². The van der Waals surface area contributed by atoms with Crippen LogP contribution in [0, 0.1) is 16.7 Å². The number of anilines is 2. The van der Waals surface area contributed by atoms with E-state index in [1.807, 2.05) is 13.8 Å². The van der Waals surface area contributed by atoms with Crippen molar-refractivity contribution >= 4 is 18.5 Å². The van der Waals surface area contributed by atoms with Gasteiger partial charge < -0.3 is 15.7 Å². The summed E-state index contributed by atoms with van der Waals surface area (Å²) in [4.78, 5) is 11.7. The first-order valence-electron chi connectivity index (χ1n) is 10.3. The summed E-state index contributed by atoms with van der Waals surface area (Å²) in [5.41, 5.74) is -0.315. The van der Waals surface area contributed by atoms with Crippen LogP contribution < -0.4 is 10.6 Å². The lowest BCUT2D eigenvalue weighted by atomic mass is 9.73. The first-order valence-corrected chi connectivity index (χ1v) is 10.3. The van der Waals surface area contributed by atoms with Crippen LogP contribution >= 0.6 is 0 Å². The molecule has 1 aliphatic rings. The van der Waals surface area contributed by atoms with Crippen LogP contribution in [0.5, 0.6) is 0 Å². The van der Waals surface area contributed by atoms with Crippen molar-refractivity contribution in [3.8, 4) is 6.07 Å². The minimum absolute atomic E-state index is 0.0551. The molecule has 7 nitrogen and oxygen atoms in total. The van der Waals surface area contributed by atoms with Gasteiger partial charge in [-0.25, -0.2) is 4.98 Å². The van der Waals surface area contributed by atoms with Gasteiger partial charge >= 0.3 is 6.18 Å². The van der Waals surface area contributed by atoms with Crippen LogP contribution in [-0.4, -0.2) is 46.7 Å². The number of rotatable bonds is 8. The molecule has 0 unspecified atom stereocenters. The summed E-state index contributed by atoms with van der Waals surface area (Å²) >= 11 is 0. The molecule has 2 atom stereocenters. The lowest BCUT2D eigenvalue weighted by molar-refractivity contribution is -0.0884. The maximum absolute atomic E-state index is 12.9. The molecule has 0 aromatic carbocycles. The van der Waals surface area contributed by atoms with Crippen LogP contribution in [0.1, 0.15) is 52.0 Å². The van der Waals surface area contributed by atoms with E-state index in [1.54, 1.807) is 6.92 Å². The molecule has 1 fully saturated rings. The van der Waals surface area contributed by atoms with Gasteiger partial charge in [0.15, 0.2) is 0 Å². The molecular weight excluding hydrogens is 421 g/mol. The minimum atomic E-state index is -4.50. The van der Waals surface area contributed by atoms with Crippen LogP contribution in [0.25, 0.3) is 0 Å². The second kappa shape index (κ2) is 10.6. The fraction of sp³-hybridized carbons (Fsp3) is 0.545. The zero-order chi connectivity index (χ0) is 23.9. The molecule has 1 saturated carbocycles. The van der Waals surface area contributed by atoms with Crippen molar-refractivity contribution in [1.82, 2.24) is 9.97 Å². The summed E-state index contributed by atoms with van der Waals surface area (Å²) in [7, 11) is 0. The van der Waals surface area contributed by atoms with Gasteiger partial charge in [-0.05, 0) is 50.8 Å². The van der Waals surface area contributed by atoms with E-state index in [0.717, 1.165) is 18.9 Å². The van der Waals surface area contributed by atoms with Crippen molar-refractivity contribution in [3.05, 3.63) is 35.2 Å². The maximum atomic E-state index is 12.9. The highest BCUT2D eigenvalue weighted by Crippen LogP contribution is 2.37. The van der Waals surface area contributed by atoms with Crippen LogP contribution in [0.3, 0.4) is 0 Å². The van der Waals surface area contributed by atoms with Crippen LogP contribution in [-0.2, 0) is 0 Å². The molecular formula is C22H29F3N6O. The van der Waals surface area contributed by atoms with Crippen LogP contribution in [0.4, 0.5) is 24.9 Å². The highest BCUT2D eigenvalue weighted by Gasteiger charge is 2.36. The average Bonchev–Trinajstić information content (AvgIpc) is 2.70. The molecule has 1 aromatic heterocycles. The van der Waals surface area contributed by atoms with Crippen LogP contribution in [0.2, 0.25) is 0 Å². The molecule has 1 heterocycles. The Hall–Kier alpha value is -2.93. The van der Waals surface area contributed by atoms with E-state index in [9.17, 15) is 23.5 Å². The standard InChI is InChI=1S/C22H29F3N6O/c1-14(9-16(13-27-4)22(23,24)25)7-8-28-20-29-12-15(11-26)19(31-20)30-17-5-6-18(32)21(2,3)10-17/h9,12-13,17-18,32H,4-8,10H2,1-3H3,(H2,28,29,30,31)/b14-9+,16-13+/t17-,18+/m1/s1. The molecule has 1 aromatic rings. The highest BCUT2D eigenvalue weighted by atomic mass is 19.4. The third-order valence-electron chi connectivity index (χ3n) is 5.48. The molecule has 0 saturated heterocycles. The Morgan fingerprint density at radius 2 is 2.16 bits per heavy atom. The predicted molar refractivity (Wildman–Crippen MR) is 118 cm³/mol. The van der Waals surface area contributed by atoms with Gasteiger partial charge in [-0.15, -0.1) is 0 Å². The monoisotopic (exact) mass is 450 g/mol. The minimum Gasteiger partial charge on any atom is -0.393 e. The number of nitriles is 1. The fourth-order valence-electron chi connectivity index (χ4n) is 3.60. The molecule has 0 radical (unpaired) electrons. The molecule has 0 amide bonds. The Kier molecular flexibility index (Phi) is 8.38. The van der Waals surface area contributed by atoms with Crippen molar-refractivity contribution < 1.29 is 18.3 Å². The van der Waals surface area contributed by atoms with E-state index in [0.29, 0.717) is 42.5 Å². The number of hydrogen-bond donors (Lipinski definition) is 3. The van der Waals surface area contributed by atoms with E-state index in [4.69, 9.17) is 0 Å². The van der Waals surface area contributed by atoms with Crippen molar-refractivity contribution in [2.75, 3.05) is 17.2 Å². The van der Waals surface area contributed by atoms with Gasteiger partial charge in [0.05, 0.1) is 17.9 Å². The summed E-state index contributed by atoms with van der Waals surface area (Å²) in [5.74, 6) is 0.669. The van der Waals surface area contributed by atoms with E-state index < -0.39 is 11.7 Å². The van der Waals surface area contributed by atoms with Gasteiger partial charge in [-0.2, -0.15) is 23.4 Å². The number of hydrogen-bond acceptors (Lipinski definition) is 7. The van der Waals surface area contributed by atoms with Crippen molar-refractivity contribution in [3.63, 3.8) is 0 Å². The van der Waals surface area contributed by atoms with Crippen molar-refractivity contribution in [2.24, 2.45) is 10.4 Å². The molecule has 3 N–H and O–H groups in total. The van der Waals surface area contributed by atoms with Gasteiger partial charge in [-0.3, -0.25) is 4.99 Å². The Morgan fingerprint density at radius 3 is 2.75 bits per heavy atom. The molecule has 0 spiro atoms. The van der Waals surface area contributed by atoms with E-state index in [-0.39, 0.29) is 23.5 Å². The van der Waals surface area contributed by atoms with Gasteiger partial charge in [-0.1, -0.05) is 19.4 Å². The molecule has 2 rings (SSSR count). The summed E-state index contributed by atoms with van der Waals surface area (Å²) in [6.07, 6.45) is 0.706. The summed E-state index contributed by atoms with van der Waals surface area (Å²) in [5, 5.41) is 25.8. The second-order valence-corrected chi connectivity index (χ2v) is 8.63. The van der Waals surface area contributed by atoms with Gasteiger partial charge in [0.2, 0.25) is 5.95 Å². The zero-order valence-corrected chi connectivity index (χ0v) is 18.5. The number of aliphatic hydroxyl groups excluding tert-OH is 1. The number of halogens is 3. The number of aliphatic imine (C=N–C) groups is 1. The Balaban J connectivity index is 2.03. The first-order chi connectivity index (χ1) is 15.0. The topological polar surface area (TPSA) is 106 Å². The Bertz CT molecular complexity index is 917. The summed E-state index contributed by atoms with van der Waals surface area (Å²) in [6, 6.07) is 2.12. The number of allylic oxidation sites excluding steroid dienone is 2. The van der Waals surface area contributed by atoms with E-state index >= 15 is 0 Å². The highest BCUT2D eigenvalue weighted by molar-refractivity contribution is 5.54. The number of nitrogens with zero attached hydrogens (tertiary/aromatic N) is 4. The van der Waals surface area contributed by atoms with Crippen molar-refractivity contribution in [1.29, 1.82) is 5.26 Å². The van der Waals surface area contributed by atoms with Gasteiger partial charge in [0.25, 0.3) is 0 Å². The maximum Gasteiger partial charge on any atom is 0.417 e. The Morgan fingerprint density at radius 1 is 1.44 bits per heavy atom. The summed E-state index contributed by atoms with van der Waals surface area (Å²) < 4.78 is 38.8. The lowest BCUT2D eigenvalue weighted by Gasteiger charge is -2.40. The normalized spacial score (nSPS) is 21.6. The number of nitrogens with one attached hydrogen (secondary N) is 2. The number of alkyl halides is 3.